The number of nitrogen functional groups attached to an aromatic ring is 1. The average Bonchev–Trinajstić information content (AvgIpc) is 2.32. The van der Waals surface area contributed by atoms with Crippen LogP contribution >= 0.6 is 15.9 Å². The van der Waals surface area contributed by atoms with E-state index in [1.165, 1.54) is 5.56 Å². The second-order valence-electron chi connectivity index (χ2n) is 5.69. The van der Waals surface area contributed by atoms with E-state index in [-0.39, 0.29) is 5.41 Å². The zero-order valence-corrected chi connectivity index (χ0v) is 13.1. The third-order valence-corrected chi connectivity index (χ3v) is 3.68. The first kappa shape index (κ1) is 13.9. The molecule has 100 valence electrons. The maximum atomic E-state index is 5.73. The lowest BCUT2D eigenvalue weighted by Gasteiger charge is -2.19. The molecule has 0 bridgehead atoms. The van der Waals surface area contributed by atoms with Gasteiger partial charge in [-0.25, -0.2) is 0 Å². The molecule has 2 rings (SSSR count). The maximum Gasteiger partial charge on any atom is 0.0530 e. The Balaban J connectivity index is 2.20. The summed E-state index contributed by atoms with van der Waals surface area (Å²) in [7, 11) is 0. The fourth-order valence-corrected chi connectivity index (χ4v) is 2.34. The van der Waals surface area contributed by atoms with Crippen LogP contribution < -0.4 is 11.1 Å². The van der Waals surface area contributed by atoms with Crippen molar-refractivity contribution in [2.24, 2.45) is 0 Å². The minimum absolute atomic E-state index is 0.181. The molecule has 19 heavy (non-hydrogen) atoms. The standard InChI is InChI=1S/C16H19BrN2/c1-16(2,3)11-4-7-13(8-5-11)19-15-9-6-12(18)10-14(15)17/h4-10,19H,18H2,1-3H3. The smallest absolute Gasteiger partial charge is 0.0530 e. The predicted molar refractivity (Wildman–Crippen MR) is 87.0 cm³/mol. The predicted octanol–water partition coefficient (Wildman–Crippen LogP) is 5.07. The molecular weight excluding hydrogens is 300 g/mol. The van der Waals surface area contributed by atoms with Crippen molar-refractivity contribution in [3.63, 3.8) is 0 Å². The molecule has 2 nitrogen and oxygen atoms in total. The van der Waals surface area contributed by atoms with Crippen molar-refractivity contribution in [2.75, 3.05) is 11.1 Å². The average molecular weight is 319 g/mol. The Bertz CT molecular complexity index is 568. The first-order valence-electron chi connectivity index (χ1n) is 6.29. The highest BCUT2D eigenvalue weighted by molar-refractivity contribution is 9.10. The quantitative estimate of drug-likeness (QED) is 0.758. The summed E-state index contributed by atoms with van der Waals surface area (Å²) in [4.78, 5) is 0. The van der Waals surface area contributed by atoms with Gasteiger partial charge in [0.2, 0.25) is 0 Å². The van der Waals surface area contributed by atoms with Gasteiger partial charge in [0.15, 0.2) is 0 Å². The van der Waals surface area contributed by atoms with E-state index in [1.54, 1.807) is 0 Å². The van der Waals surface area contributed by atoms with Crippen molar-refractivity contribution in [2.45, 2.75) is 26.2 Å². The van der Waals surface area contributed by atoms with Crippen molar-refractivity contribution in [3.8, 4) is 0 Å². The van der Waals surface area contributed by atoms with Gasteiger partial charge in [-0.3, -0.25) is 0 Å². The van der Waals surface area contributed by atoms with E-state index in [0.29, 0.717) is 0 Å². The monoisotopic (exact) mass is 318 g/mol. The lowest BCUT2D eigenvalue weighted by atomic mass is 9.87. The number of nitrogens with one attached hydrogen (secondary N) is 1. The van der Waals surface area contributed by atoms with Gasteiger partial charge in [0.25, 0.3) is 0 Å². The van der Waals surface area contributed by atoms with Gasteiger partial charge in [0, 0.05) is 15.8 Å². The molecule has 0 aliphatic heterocycles. The van der Waals surface area contributed by atoms with Gasteiger partial charge < -0.3 is 11.1 Å². The van der Waals surface area contributed by atoms with Crippen LogP contribution in [0, 0.1) is 0 Å². The van der Waals surface area contributed by atoms with Gasteiger partial charge >= 0.3 is 0 Å². The number of hydrogen-bond acceptors (Lipinski definition) is 2. The number of nitrogens with two attached hydrogens (primary N) is 1. The molecule has 0 atom stereocenters. The Kier molecular flexibility index (Phi) is 3.85. The molecule has 0 radical (unpaired) electrons. The van der Waals surface area contributed by atoms with E-state index in [1.807, 2.05) is 18.2 Å². The van der Waals surface area contributed by atoms with Gasteiger partial charge in [-0.05, 0) is 57.2 Å². The highest BCUT2D eigenvalue weighted by Crippen LogP contribution is 2.29. The molecule has 0 aliphatic rings. The molecule has 0 unspecified atom stereocenters. The summed E-state index contributed by atoms with van der Waals surface area (Å²) in [5.41, 5.74) is 10.1. The number of anilines is 3. The molecule has 0 aliphatic carbocycles. The van der Waals surface area contributed by atoms with Gasteiger partial charge in [-0.1, -0.05) is 32.9 Å². The van der Waals surface area contributed by atoms with Gasteiger partial charge in [-0.2, -0.15) is 0 Å². The van der Waals surface area contributed by atoms with E-state index in [9.17, 15) is 0 Å². The van der Waals surface area contributed by atoms with Crippen LogP contribution in [0.3, 0.4) is 0 Å². The molecule has 0 heterocycles. The topological polar surface area (TPSA) is 38.0 Å². The van der Waals surface area contributed by atoms with E-state index in [2.05, 4.69) is 66.3 Å². The second-order valence-corrected chi connectivity index (χ2v) is 6.55. The van der Waals surface area contributed by atoms with E-state index in [0.717, 1.165) is 21.5 Å². The van der Waals surface area contributed by atoms with E-state index >= 15 is 0 Å². The van der Waals surface area contributed by atoms with Crippen LogP contribution in [-0.4, -0.2) is 0 Å². The van der Waals surface area contributed by atoms with Crippen LogP contribution in [0.4, 0.5) is 17.1 Å². The molecule has 2 aromatic rings. The first-order chi connectivity index (χ1) is 8.86. The molecule has 0 aromatic heterocycles. The van der Waals surface area contributed by atoms with Crippen molar-refractivity contribution in [3.05, 3.63) is 52.5 Å². The highest BCUT2D eigenvalue weighted by Gasteiger charge is 2.12. The third-order valence-electron chi connectivity index (χ3n) is 3.02. The number of halogens is 1. The Morgan fingerprint density at radius 1 is 1.00 bits per heavy atom. The summed E-state index contributed by atoms with van der Waals surface area (Å²) in [6.45, 7) is 6.64. The summed E-state index contributed by atoms with van der Waals surface area (Å²) < 4.78 is 0.965. The molecule has 3 heteroatoms. The van der Waals surface area contributed by atoms with Crippen LogP contribution in [0.15, 0.2) is 46.9 Å². The fourth-order valence-electron chi connectivity index (χ4n) is 1.84. The summed E-state index contributed by atoms with van der Waals surface area (Å²) in [5.74, 6) is 0. The SMILES string of the molecule is CC(C)(C)c1ccc(Nc2ccc(N)cc2Br)cc1. The van der Waals surface area contributed by atoms with E-state index in [4.69, 9.17) is 5.73 Å². The summed E-state index contributed by atoms with van der Waals surface area (Å²) in [6, 6.07) is 14.3. The van der Waals surface area contributed by atoms with Crippen LogP contribution in [-0.2, 0) is 5.41 Å². The zero-order valence-electron chi connectivity index (χ0n) is 11.5. The number of rotatable bonds is 2. The van der Waals surface area contributed by atoms with Crippen molar-refractivity contribution < 1.29 is 0 Å². The minimum atomic E-state index is 0.181. The minimum Gasteiger partial charge on any atom is -0.399 e. The molecule has 0 fully saturated rings. The molecule has 0 saturated heterocycles. The van der Waals surface area contributed by atoms with E-state index < -0.39 is 0 Å². The summed E-state index contributed by atoms with van der Waals surface area (Å²) in [5, 5.41) is 3.38. The Morgan fingerprint density at radius 2 is 1.63 bits per heavy atom. The summed E-state index contributed by atoms with van der Waals surface area (Å²) >= 11 is 3.51. The highest BCUT2D eigenvalue weighted by atomic mass is 79.9. The van der Waals surface area contributed by atoms with Crippen molar-refractivity contribution in [1.29, 1.82) is 0 Å². The number of benzene rings is 2. The fraction of sp³-hybridized carbons (Fsp3) is 0.250. The molecule has 3 N–H and O–H groups in total. The molecule has 0 saturated carbocycles. The maximum absolute atomic E-state index is 5.73. The molecular formula is C16H19BrN2. The second kappa shape index (κ2) is 5.25. The largest absolute Gasteiger partial charge is 0.399 e. The van der Waals surface area contributed by atoms with Crippen LogP contribution in [0.2, 0.25) is 0 Å². The van der Waals surface area contributed by atoms with Crippen LogP contribution in [0.5, 0.6) is 0 Å². The summed E-state index contributed by atoms with van der Waals surface area (Å²) in [6.07, 6.45) is 0. The zero-order chi connectivity index (χ0) is 14.0. The van der Waals surface area contributed by atoms with Gasteiger partial charge in [0.1, 0.15) is 0 Å². The Labute approximate surface area is 123 Å². The third kappa shape index (κ3) is 3.51. The van der Waals surface area contributed by atoms with Crippen molar-refractivity contribution >= 4 is 33.0 Å². The Morgan fingerprint density at radius 3 is 2.16 bits per heavy atom. The molecule has 2 aromatic carbocycles. The first-order valence-corrected chi connectivity index (χ1v) is 7.08. The Hall–Kier alpha value is -1.48. The van der Waals surface area contributed by atoms with Crippen LogP contribution in [0.25, 0.3) is 0 Å². The van der Waals surface area contributed by atoms with Gasteiger partial charge in [0.05, 0.1) is 5.69 Å². The molecule has 0 amide bonds. The van der Waals surface area contributed by atoms with Crippen molar-refractivity contribution in [1.82, 2.24) is 0 Å². The van der Waals surface area contributed by atoms with Crippen LogP contribution in [0.1, 0.15) is 26.3 Å². The number of hydrogen-bond donors (Lipinski definition) is 2. The lowest BCUT2D eigenvalue weighted by Crippen LogP contribution is -2.10. The van der Waals surface area contributed by atoms with Gasteiger partial charge in [-0.15, -0.1) is 0 Å². The lowest BCUT2D eigenvalue weighted by molar-refractivity contribution is 0.590. The molecule has 0 spiro atoms. The normalized spacial score (nSPS) is 11.4.